The summed E-state index contributed by atoms with van der Waals surface area (Å²) in [7, 11) is -7.26. The van der Waals surface area contributed by atoms with Crippen LogP contribution in [-0.4, -0.2) is 77.0 Å². The van der Waals surface area contributed by atoms with Crippen LogP contribution in [0.2, 0.25) is 20.1 Å². The van der Waals surface area contributed by atoms with Gasteiger partial charge in [0.1, 0.15) is 11.6 Å². The van der Waals surface area contributed by atoms with Gasteiger partial charge < -0.3 is 15.7 Å². The molecule has 0 bridgehead atoms. The van der Waals surface area contributed by atoms with Crippen LogP contribution in [0.1, 0.15) is 92.4 Å². The lowest BCUT2D eigenvalue weighted by Gasteiger charge is -2.20. The van der Waals surface area contributed by atoms with Gasteiger partial charge in [0.2, 0.25) is 0 Å². The predicted molar refractivity (Wildman–Crippen MR) is 284 cm³/mol. The molecular weight excluding hydrogens is 1080 g/mol. The lowest BCUT2D eigenvalue weighted by Crippen LogP contribution is -2.40. The molecule has 3 aliphatic rings. The van der Waals surface area contributed by atoms with Crippen molar-refractivity contribution < 1.29 is 40.3 Å². The van der Waals surface area contributed by atoms with Crippen LogP contribution in [0.25, 0.3) is 34.7 Å². The van der Waals surface area contributed by atoms with E-state index in [1.807, 2.05) is 37.3 Å². The highest BCUT2D eigenvalue weighted by Gasteiger charge is 2.38. The number of hydrogen-bond donors (Lipinski definition) is 3. The molecule has 21 heteroatoms. The average Bonchev–Trinajstić information content (AvgIpc) is 4.05. The van der Waals surface area contributed by atoms with Crippen LogP contribution in [0.3, 0.4) is 0 Å². The van der Waals surface area contributed by atoms with Crippen molar-refractivity contribution >= 4 is 101 Å². The molecule has 2 aliphatic heterocycles. The number of hydrogen-bond acceptors (Lipinski definition) is 9. The topological polar surface area (TPSA) is 182 Å². The molecule has 5 aromatic carbocycles. The Balaban J connectivity index is 0.000000182. The first kappa shape index (κ1) is 52.7. The van der Waals surface area contributed by atoms with Crippen molar-refractivity contribution in [1.29, 1.82) is 0 Å². The van der Waals surface area contributed by atoms with Crippen molar-refractivity contribution in [3.05, 3.63) is 198 Å². The van der Waals surface area contributed by atoms with E-state index in [1.54, 1.807) is 54.6 Å². The summed E-state index contributed by atoms with van der Waals surface area (Å²) in [6.45, 7) is 1.84. The third kappa shape index (κ3) is 11.7. The van der Waals surface area contributed by atoms with Crippen LogP contribution in [0.5, 0.6) is 0 Å². The lowest BCUT2D eigenvalue weighted by atomic mass is 10.0. The molecule has 2 amide bonds. The number of rotatable bonds is 9. The van der Waals surface area contributed by atoms with Crippen molar-refractivity contribution in [3.8, 4) is 11.4 Å². The zero-order valence-corrected chi connectivity index (χ0v) is 43.7. The number of benzene rings is 5. The van der Waals surface area contributed by atoms with Gasteiger partial charge in [-0.05, 0) is 127 Å². The largest absolute Gasteiger partial charge is 0.391 e. The predicted octanol–water partition coefficient (Wildman–Crippen LogP) is 10.7. The minimum atomic E-state index is -3.63. The fraction of sp³-hybridized carbons (Fsp3) is 0.208. The van der Waals surface area contributed by atoms with Crippen molar-refractivity contribution in [3.63, 3.8) is 0 Å². The number of aliphatic hydroxyl groups is 1. The van der Waals surface area contributed by atoms with Gasteiger partial charge in [0.25, 0.3) is 11.8 Å². The van der Waals surface area contributed by atoms with Crippen molar-refractivity contribution in [2.45, 2.75) is 55.9 Å². The molecule has 1 fully saturated rings. The molecule has 382 valence electrons. The second-order valence-corrected chi connectivity index (χ2v) is 23.9. The highest BCUT2D eigenvalue weighted by atomic mass is 35.5. The Hall–Kier alpha value is -6.18. The molecule has 1 saturated carbocycles. The van der Waals surface area contributed by atoms with Gasteiger partial charge >= 0.3 is 0 Å². The van der Waals surface area contributed by atoms with E-state index in [0.29, 0.717) is 67.9 Å². The Kier molecular flexibility index (Phi) is 15.4. The average molecular weight is 1120 g/mol. The zero-order chi connectivity index (χ0) is 52.6. The number of amides is 2. The standard InChI is InChI=1S/C28H22Cl2FN3O3S.C25H22Cl2FN3O4S/c1-17(19-5-3-2-4-6-19)32-28(35)26-23-16-38(36,37)15-20(13-18-7-10-22(31)11-8-18)27(23)34(33-26)25-12-9-21(29)14-24(25)30;26-16-6-9-21(19(27)11-16)31-24-15(10-14-4-7-17(28)8-5-14)12-36(34,35)13-18(24)23(30-31)25(33)29-20-2-1-3-22(20)32/h2-14,17H,15-16H2,1H3,(H,32,35);4-11,20,22,32H,1-3,12-13H2,(H,29,33)/b20-13+;15-10+/t17-;20-,22-/m11/s1. The van der Waals surface area contributed by atoms with Crippen molar-refractivity contribution in [2.75, 3.05) is 11.5 Å². The number of carbonyl (C=O) groups excluding carboxylic acids is 2. The molecule has 2 aromatic heterocycles. The molecule has 10 rings (SSSR count). The molecule has 3 N–H and O–H groups in total. The fourth-order valence-corrected chi connectivity index (χ4v) is 13.2. The van der Waals surface area contributed by atoms with Gasteiger partial charge in [-0.15, -0.1) is 0 Å². The van der Waals surface area contributed by atoms with E-state index in [0.717, 1.165) is 12.0 Å². The third-order valence-corrected chi connectivity index (χ3v) is 16.7. The summed E-state index contributed by atoms with van der Waals surface area (Å²) in [5.41, 5.74) is 5.05. The van der Waals surface area contributed by atoms with Gasteiger partial charge in [0.15, 0.2) is 31.1 Å². The number of aromatic nitrogens is 4. The van der Waals surface area contributed by atoms with Gasteiger partial charge in [-0.25, -0.2) is 35.0 Å². The Bertz CT molecular complexity index is 3630. The molecule has 0 radical (unpaired) electrons. The summed E-state index contributed by atoms with van der Waals surface area (Å²) >= 11 is 25.2. The van der Waals surface area contributed by atoms with Crippen LogP contribution in [-0.2, 0) is 31.2 Å². The minimum Gasteiger partial charge on any atom is -0.391 e. The van der Waals surface area contributed by atoms with E-state index in [1.165, 1.54) is 51.8 Å². The Morgan fingerprint density at radius 3 is 1.54 bits per heavy atom. The number of sulfone groups is 2. The summed E-state index contributed by atoms with van der Waals surface area (Å²) in [5, 5.41) is 26.4. The molecule has 0 saturated heterocycles. The summed E-state index contributed by atoms with van der Waals surface area (Å²) in [4.78, 5) is 26.8. The third-order valence-electron chi connectivity index (χ3n) is 12.6. The highest BCUT2D eigenvalue weighted by molar-refractivity contribution is 7.91. The first-order valence-corrected chi connectivity index (χ1v) is 28.2. The quantitative estimate of drug-likeness (QED) is 0.127. The molecular formula is C53H44Cl4F2N6O7S2. The Morgan fingerprint density at radius 1 is 0.649 bits per heavy atom. The minimum absolute atomic E-state index is 0.0120. The highest BCUT2D eigenvalue weighted by Crippen LogP contribution is 2.39. The molecule has 7 aromatic rings. The molecule has 0 spiro atoms. The number of carbonyl (C=O) groups is 2. The maximum atomic E-state index is 13.5. The van der Waals surface area contributed by atoms with E-state index >= 15 is 0 Å². The normalized spacial score (nSPS) is 19.0. The van der Waals surface area contributed by atoms with E-state index in [-0.39, 0.29) is 61.6 Å². The summed E-state index contributed by atoms with van der Waals surface area (Å²) < 4.78 is 81.9. The second kappa shape index (κ2) is 21.6. The van der Waals surface area contributed by atoms with Gasteiger partial charge in [-0.1, -0.05) is 101 Å². The summed E-state index contributed by atoms with van der Waals surface area (Å²) in [5.74, 6) is -3.24. The molecule has 0 unspecified atom stereocenters. The van der Waals surface area contributed by atoms with Gasteiger partial charge in [0.05, 0.1) is 74.0 Å². The van der Waals surface area contributed by atoms with Crippen LogP contribution in [0.4, 0.5) is 8.78 Å². The summed E-state index contributed by atoms with van der Waals surface area (Å²) in [6.07, 6.45) is 4.60. The SMILES string of the molecule is C[C@@H](NC(=O)c1nn(-c2ccc(Cl)cc2Cl)c2c1CS(=O)(=O)C/C2=C\c1ccc(F)cc1)c1ccccc1.O=C(N[C@@H]1CCC[C@H]1O)c1nn(-c2ccc(Cl)cc2Cl)c2c1CS(=O)(=O)C/C2=C\c1ccc(F)cc1. The van der Waals surface area contributed by atoms with Crippen LogP contribution in [0.15, 0.2) is 115 Å². The Labute approximate surface area is 445 Å². The monoisotopic (exact) mass is 1120 g/mol. The maximum Gasteiger partial charge on any atom is 0.272 e. The fourth-order valence-electron chi connectivity index (χ4n) is 9.18. The first-order chi connectivity index (χ1) is 35.2. The molecule has 74 heavy (non-hydrogen) atoms. The van der Waals surface area contributed by atoms with E-state index in [9.17, 15) is 40.3 Å². The van der Waals surface area contributed by atoms with Crippen LogP contribution in [0, 0.1) is 11.6 Å². The molecule has 1 aliphatic carbocycles. The summed E-state index contributed by atoms with van der Waals surface area (Å²) in [6, 6.07) is 29.6. The van der Waals surface area contributed by atoms with Gasteiger partial charge in [-0.2, -0.15) is 10.2 Å². The van der Waals surface area contributed by atoms with Crippen molar-refractivity contribution in [2.24, 2.45) is 0 Å². The van der Waals surface area contributed by atoms with Gasteiger partial charge in [0, 0.05) is 21.2 Å². The number of aliphatic hydroxyl groups excluding tert-OH is 1. The number of fused-ring (bicyclic) bond motifs is 2. The number of halogens is 6. The van der Waals surface area contributed by atoms with Gasteiger partial charge in [-0.3, -0.25) is 9.59 Å². The lowest BCUT2D eigenvalue weighted by molar-refractivity contribution is 0.0866. The van der Waals surface area contributed by atoms with E-state index < -0.39 is 55.3 Å². The van der Waals surface area contributed by atoms with Crippen LogP contribution >= 0.6 is 46.4 Å². The molecule has 13 nitrogen and oxygen atoms in total. The maximum absolute atomic E-state index is 13.5. The van der Waals surface area contributed by atoms with Crippen LogP contribution < -0.4 is 10.6 Å². The smallest absolute Gasteiger partial charge is 0.272 e. The molecule has 3 atom stereocenters. The second-order valence-electron chi connectivity index (χ2n) is 18.1. The van der Waals surface area contributed by atoms with E-state index in [4.69, 9.17) is 46.4 Å². The van der Waals surface area contributed by atoms with Crippen molar-refractivity contribution in [1.82, 2.24) is 30.2 Å². The first-order valence-electron chi connectivity index (χ1n) is 23.1. The molecule has 4 heterocycles. The van der Waals surface area contributed by atoms with E-state index in [2.05, 4.69) is 20.8 Å². The number of nitrogens with one attached hydrogen (secondary N) is 2. The number of nitrogens with zero attached hydrogens (tertiary/aromatic N) is 4. The zero-order valence-electron chi connectivity index (χ0n) is 39.1. The Morgan fingerprint density at radius 2 is 1.11 bits per heavy atom.